The molecule has 0 heterocycles. The third-order valence-corrected chi connectivity index (χ3v) is 3.37. The molecule has 0 aromatic heterocycles. The molecule has 4 heteroatoms. The predicted molar refractivity (Wildman–Crippen MR) is 78.8 cm³/mol. The Hall–Kier alpha value is -1.27. The van der Waals surface area contributed by atoms with E-state index in [2.05, 4.69) is 40.5 Å². The zero-order chi connectivity index (χ0) is 13.0. The number of hydrogen-bond donors (Lipinski definition) is 2. The highest BCUT2D eigenvalue weighted by Gasteiger charge is 2.04. The molecule has 2 rings (SSSR count). The number of quaternary nitrogens is 1. The molecule has 0 saturated heterocycles. The number of benzene rings is 2. The van der Waals surface area contributed by atoms with E-state index in [9.17, 15) is 5.11 Å². The van der Waals surface area contributed by atoms with Crippen LogP contribution in [-0.2, 0) is 6.42 Å². The van der Waals surface area contributed by atoms with Gasteiger partial charge in [0.15, 0.2) is 0 Å². The van der Waals surface area contributed by atoms with E-state index in [4.69, 9.17) is 4.74 Å². The van der Waals surface area contributed by atoms with Crippen molar-refractivity contribution in [2.75, 3.05) is 6.54 Å². The third kappa shape index (κ3) is 3.36. The van der Waals surface area contributed by atoms with Crippen molar-refractivity contribution in [3.05, 3.63) is 51.6 Å². The van der Waals surface area contributed by atoms with Gasteiger partial charge in [0.05, 0.1) is 10.1 Å². The Morgan fingerprint density at radius 3 is 2.44 bits per heavy atom. The first-order chi connectivity index (χ1) is 8.69. The van der Waals surface area contributed by atoms with E-state index in [-0.39, 0.29) is 5.75 Å². The van der Waals surface area contributed by atoms with Gasteiger partial charge in [-0.3, -0.25) is 0 Å². The quantitative estimate of drug-likeness (QED) is 0.828. The molecule has 94 valence electrons. The van der Waals surface area contributed by atoms with Gasteiger partial charge in [0.2, 0.25) is 0 Å². The average molecular weight is 356 g/mol. The average Bonchev–Trinajstić information content (AvgIpc) is 2.36. The van der Waals surface area contributed by atoms with Crippen LogP contribution in [0.3, 0.4) is 0 Å². The number of phenolic OH excluding ortho intramolecular Hbond substituents is 1. The highest BCUT2D eigenvalue weighted by Crippen LogP contribution is 2.28. The number of rotatable bonds is 4. The molecule has 2 aromatic rings. The Labute approximate surface area is 120 Å². The number of hydrogen-bond acceptors (Lipinski definition) is 2. The smallest absolute Gasteiger partial charge is 0.140 e. The second-order valence-corrected chi connectivity index (χ2v) is 5.13. The maximum atomic E-state index is 9.21. The number of aromatic hydroxyl groups is 1. The minimum Gasteiger partial charge on any atom is -0.508 e. The molecule has 0 unspecified atom stereocenters. The molecular weight excluding hydrogens is 341 g/mol. The van der Waals surface area contributed by atoms with Crippen LogP contribution in [0.1, 0.15) is 5.56 Å². The van der Waals surface area contributed by atoms with E-state index in [1.54, 1.807) is 24.3 Å². The van der Waals surface area contributed by atoms with E-state index in [1.165, 1.54) is 5.56 Å². The van der Waals surface area contributed by atoms with Gasteiger partial charge in [0.25, 0.3) is 0 Å². The minimum absolute atomic E-state index is 0.239. The van der Waals surface area contributed by atoms with Crippen molar-refractivity contribution in [3.8, 4) is 17.2 Å². The van der Waals surface area contributed by atoms with Crippen molar-refractivity contribution >= 4 is 22.6 Å². The lowest BCUT2D eigenvalue weighted by atomic mass is 10.1. The second-order valence-electron chi connectivity index (χ2n) is 3.96. The third-order valence-electron chi connectivity index (χ3n) is 2.53. The van der Waals surface area contributed by atoms with E-state index >= 15 is 0 Å². The Morgan fingerprint density at radius 2 is 1.83 bits per heavy atom. The monoisotopic (exact) mass is 356 g/mol. The SMILES string of the molecule is [NH3+]CCc1ccc(Oc2ccc(O)cc2)c(I)c1. The summed E-state index contributed by atoms with van der Waals surface area (Å²) in [5.41, 5.74) is 5.12. The van der Waals surface area contributed by atoms with Crippen LogP contribution >= 0.6 is 22.6 Å². The Morgan fingerprint density at radius 1 is 1.11 bits per heavy atom. The second kappa shape index (κ2) is 6.06. The van der Waals surface area contributed by atoms with Gasteiger partial charge in [-0.05, 0) is 64.6 Å². The molecule has 2 aromatic carbocycles. The molecule has 18 heavy (non-hydrogen) atoms. The van der Waals surface area contributed by atoms with E-state index < -0.39 is 0 Å². The fraction of sp³-hybridized carbons (Fsp3) is 0.143. The fourth-order valence-corrected chi connectivity index (χ4v) is 2.32. The van der Waals surface area contributed by atoms with Crippen LogP contribution in [-0.4, -0.2) is 11.7 Å². The van der Waals surface area contributed by atoms with Crippen LogP contribution < -0.4 is 10.5 Å². The first-order valence-electron chi connectivity index (χ1n) is 5.73. The van der Waals surface area contributed by atoms with Gasteiger partial charge >= 0.3 is 0 Å². The zero-order valence-electron chi connectivity index (χ0n) is 9.90. The van der Waals surface area contributed by atoms with Crippen LogP contribution in [0.2, 0.25) is 0 Å². The summed E-state index contributed by atoms with van der Waals surface area (Å²) in [4.78, 5) is 0. The first-order valence-corrected chi connectivity index (χ1v) is 6.81. The fourth-order valence-electron chi connectivity index (χ4n) is 1.63. The summed E-state index contributed by atoms with van der Waals surface area (Å²) in [6, 6.07) is 12.9. The van der Waals surface area contributed by atoms with E-state index in [0.29, 0.717) is 0 Å². The van der Waals surface area contributed by atoms with Crippen molar-refractivity contribution in [1.82, 2.24) is 0 Å². The predicted octanol–water partition coefficient (Wildman–Crippen LogP) is 2.57. The first kappa shape index (κ1) is 13.2. The molecule has 0 atom stereocenters. The number of ether oxygens (including phenoxy) is 1. The van der Waals surface area contributed by atoms with Crippen molar-refractivity contribution in [2.45, 2.75) is 6.42 Å². The molecule has 0 bridgehead atoms. The molecule has 0 aliphatic rings. The standard InChI is InChI=1S/C14H14INO2/c15-13-9-10(7-8-16)1-6-14(13)18-12-4-2-11(17)3-5-12/h1-6,9,17H,7-8,16H2/p+1. The number of phenols is 1. The van der Waals surface area contributed by atoms with Gasteiger partial charge in [-0.1, -0.05) is 6.07 Å². The van der Waals surface area contributed by atoms with Crippen LogP contribution in [0.5, 0.6) is 17.2 Å². The lowest BCUT2D eigenvalue weighted by Crippen LogP contribution is -2.51. The summed E-state index contributed by atoms with van der Waals surface area (Å²) >= 11 is 2.26. The van der Waals surface area contributed by atoms with Gasteiger partial charge in [0, 0.05) is 6.42 Å². The Bertz CT molecular complexity index is 526. The highest BCUT2D eigenvalue weighted by atomic mass is 127. The maximum absolute atomic E-state index is 9.21. The summed E-state index contributed by atoms with van der Waals surface area (Å²) in [7, 11) is 0. The van der Waals surface area contributed by atoms with E-state index in [1.807, 2.05) is 6.07 Å². The van der Waals surface area contributed by atoms with Gasteiger partial charge in [-0.25, -0.2) is 0 Å². The molecule has 4 N–H and O–H groups in total. The molecule has 0 radical (unpaired) electrons. The Balaban J connectivity index is 2.16. The summed E-state index contributed by atoms with van der Waals surface area (Å²) in [5, 5.41) is 9.21. The maximum Gasteiger partial charge on any atom is 0.140 e. The Kier molecular flexibility index (Phi) is 4.43. The topological polar surface area (TPSA) is 57.1 Å². The highest BCUT2D eigenvalue weighted by molar-refractivity contribution is 14.1. The molecule has 0 aliphatic heterocycles. The summed E-state index contributed by atoms with van der Waals surface area (Å²) < 4.78 is 6.84. The van der Waals surface area contributed by atoms with Crippen LogP contribution in [0.25, 0.3) is 0 Å². The molecule has 0 saturated carbocycles. The molecular formula is C14H15INO2+. The summed E-state index contributed by atoms with van der Waals surface area (Å²) in [6.45, 7) is 0.897. The van der Waals surface area contributed by atoms with Crippen LogP contribution in [0.15, 0.2) is 42.5 Å². The van der Waals surface area contributed by atoms with Crippen molar-refractivity contribution in [3.63, 3.8) is 0 Å². The molecule has 0 aliphatic carbocycles. The largest absolute Gasteiger partial charge is 0.508 e. The van der Waals surface area contributed by atoms with Crippen molar-refractivity contribution < 1.29 is 15.6 Å². The zero-order valence-corrected chi connectivity index (χ0v) is 12.1. The minimum atomic E-state index is 0.239. The lowest BCUT2D eigenvalue weighted by Gasteiger charge is -2.09. The normalized spacial score (nSPS) is 10.3. The van der Waals surface area contributed by atoms with Crippen molar-refractivity contribution in [1.29, 1.82) is 0 Å². The summed E-state index contributed by atoms with van der Waals surface area (Å²) in [5.74, 6) is 1.78. The van der Waals surface area contributed by atoms with Gasteiger partial charge in [0.1, 0.15) is 17.2 Å². The van der Waals surface area contributed by atoms with Gasteiger partial charge < -0.3 is 15.6 Å². The van der Waals surface area contributed by atoms with Gasteiger partial charge in [-0.15, -0.1) is 0 Å². The van der Waals surface area contributed by atoms with E-state index in [0.717, 1.165) is 28.0 Å². The van der Waals surface area contributed by atoms with Gasteiger partial charge in [-0.2, -0.15) is 0 Å². The number of halogens is 1. The van der Waals surface area contributed by atoms with Crippen molar-refractivity contribution in [2.24, 2.45) is 0 Å². The molecule has 0 spiro atoms. The van der Waals surface area contributed by atoms with Crippen LogP contribution in [0.4, 0.5) is 0 Å². The molecule has 0 fully saturated rings. The molecule has 0 amide bonds. The summed E-state index contributed by atoms with van der Waals surface area (Å²) in [6.07, 6.45) is 0.982. The molecule has 3 nitrogen and oxygen atoms in total. The lowest BCUT2D eigenvalue weighted by molar-refractivity contribution is -0.366. The van der Waals surface area contributed by atoms with Crippen LogP contribution in [0, 0.1) is 3.57 Å².